The molecule has 0 rings (SSSR count). The summed E-state index contributed by atoms with van der Waals surface area (Å²) >= 11 is 0. The summed E-state index contributed by atoms with van der Waals surface area (Å²) in [6.45, 7) is 4.74. The van der Waals surface area contributed by atoms with Crippen molar-refractivity contribution >= 4 is 17.9 Å². The summed E-state index contributed by atoms with van der Waals surface area (Å²) in [5, 5.41) is 9.64. The molecule has 8 nitrogen and oxygen atoms in total. The Hall–Kier alpha value is -2.19. The first-order valence-electron chi connectivity index (χ1n) is 24.9. The molecule has 0 aliphatic carbocycles. The van der Waals surface area contributed by atoms with Crippen LogP contribution >= 0.6 is 0 Å². The smallest absolute Gasteiger partial charge is 0.362 e. The van der Waals surface area contributed by atoms with Gasteiger partial charge in [-0.25, -0.2) is 4.79 Å². The van der Waals surface area contributed by atoms with E-state index in [2.05, 4.69) is 38.2 Å². The van der Waals surface area contributed by atoms with Gasteiger partial charge in [-0.05, 0) is 44.9 Å². The Balaban J connectivity index is 4.25. The highest BCUT2D eigenvalue weighted by molar-refractivity contribution is 5.72. The maximum absolute atomic E-state index is 12.8. The predicted molar refractivity (Wildman–Crippen MR) is 248 cm³/mol. The Morgan fingerprint density at radius 2 is 0.898 bits per heavy atom. The summed E-state index contributed by atoms with van der Waals surface area (Å²) in [5.41, 5.74) is 0. The number of hydrogen-bond donors (Lipinski definition) is 1. The number of carboxylic acid groups (broad SMARTS) is 1. The van der Waals surface area contributed by atoms with Crippen LogP contribution in [0.1, 0.15) is 232 Å². The Kier molecular flexibility index (Phi) is 40.9. The minimum atomic E-state index is -0.873. The molecule has 0 spiro atoms. The van der Waals surface area contributed by atoms with E-state index in [1.165, 1.54) is 148 Å². The van der Waals surface area contributed by atoms with Crippen molar-refractivity contribution in [1.82, 2.24) is 0 Å². The Labute approximate surface area is 364 Å². The van der Waals surface area contributed by atoms with Gasteiger partial charge in [0.15, 0.2) is 12.1 Å². The van der Waals surface area contributed by atoms with Gasteiger partial charge in [-0.2, -0.15) is 0 Å². The third kappa shape index (κ3) is 41.0. The highest BCUT2D eigenvalue weighted by Gasteiger charge is 2.31. The van der Waals surface area contributed by atoms with Crippen LogP contribution in [0.4, 0.5) is 0 Å². The molecule has 0 aliphatic rings. The summed E-state index contributed by atoms with van der Waals surface area (Å²) in [6, 6.07) is -0.613. The summed E-state index contributed by atoms with van der Waals surface area (Å²) < 4.78 is 17.3. The number of carboxylic acids is 1. The fourth-order valence-electron chi connectivity index (χ4n) is 7.48. The standard InChI is InChI=1S/C51H95NO7/c1-6-8-10-12-14-16-18-20-22-24-26-28-30-32-34-36-38-40-42-50(54)59-47(45-57-44-43-48(51(55)56)52(3,4)5)46-58-49(53)41-39-37-35-33-31-29-27-25-23-21-19-17-15-13-11-9-7-2/h15,17,21,23,47-48H,6-14,16,18-20,22,24-46H2,1-5H3/p+1/b17-15+,23-21+. The Morgan fingerprint density at radius 3 is 1.34 bits per heavy atom. The van der Waals surface area contributed by atoms with Crippen LogP contribution in [0.2, 0.25) is 0 Å². The van der Waals surface area contributed by atoms with E-state index in [0.29, 0.717) is 19.3 Å². The van der Waals surface area contributed by atoms with Gasteiger partial charge in [0.2, 0.25) is 0 Å². The molecule has 0 aromatic carbocycles. The molecule has 0 amide bonds. The lowest BCUT2D eigenvalue weighted by Gasteiger charge is -2.31. The zero-order valence-corrected chi connectivity index (χ0v) is 39.5. The minimum absolute atomic E-state index is 0.0505. The molecule has 0 aromatic heterocycles. The monoisotopic (exact) mass is 835 g/mol. The van der Waals surface area contributed by atoms with E-state index in [4.69, 9.17) is 14.2 Å². The largest absolute Gasteiger partial charge is 0.477 e. The Morgan fingerprint density at radius 1 is 0.508 bits per heavy atom. The maximum atomic E-state index is 12.8. The third-order valence-corrected chi connectivity index (χ3v) is 11.4. The van der Waals surface area contributed by atoms with Gasteiger partial charge in [0, 0.05) is 19.3 Å². The van der Waals surface area contributed by atoms with Gasteiger partial charge in [-0.1, -0.05) is 192 Å². The van der Waals surface area contributed by atoms with Crippen molar-refractivity contribution in [2.45, 2.75) is 244 Å². The van der Waals surface area contributed by atoms with Crippen molar-refractivity contribution in [1.29, 1.82) is 0 Å². The second-order valence-electron chi connectivity index (χ2n) is 18.1. The molecular weight excluding hydrogens is 739 g/mol. The molecule has 0 aliphatic heterocycles. The van der Waals surface area contributed by atoms with E-state index < -0.39 is 18.1 Å². The molecular formula is C51H96NO7+. The molecule has 0 fully saturated rings. The number of hydrogen-bond acceptors (Lipinski definition) is 6. The molecule has 59 heavy (non-hydrogen) atoms. The topological polar surface area (TPSA) is 99.1 Å². The number of quaternary nitrogens is 1. The van der Waals surface area contributed by atoms with Crippen LogP contribution in [-0.4, -0.2) is 80.6 Å². The van der Waals surface area contributed by atoms with E-state index in [9.17, 15) is 19.5 Å². The molecule has 8 heteroatoms. The van der Waals surface area contributed by atoms with Crippen LogP contribution in [0.3, 0.4) is 0 Å². The molecule has 2 unspecified atom stereocenters. The molecule has 1 N–H and O–H groups in total. The predicted octanol–water partition coefficient (Wildman–Crippen LogP) is 14.0. The lowest BCUT2D eigenvalue weighted by Crippen LogP contribution is -2.50. The van der Waals surface area contributed by atoms with E-state index in [-0.39, 0.29) is 36.2 Å². The third-order valence-electron chi connectivity index (χ3n) is 11.4. The summed E-state index contributed by atoms with van der Waals surface area (Å²) in [5.74, 6) is -1.46. The number of nitrogens with zero attached hydrogens (tertiary/aromatic N) is 1. The average molecular weight is 835 g/mol. The molecule has 2 atom stereocenters. The lowest BCUT2D eigenvalue weighted by atomic mass is 10.0. The first kappa shape index (κ1) is 56.8. The Bertz CT molecular complexity index is 1020. The zero-order valence-electron chi connectivity index (χ0n) is 39.5. The highest BCUT2D eigenvalue weighted by Crippen LogP contribution is 2.16. The number of carbonyl (C=O) groups is 3. The fourth-order valence-corrected chi connectivity index (χ4v) is 7.48. The number of likely N-dealkylation sites (N-methyl/N-ethyl adjacent to an activating group) is 1. The van der Waals surface area contributed by atoms with E-state index in [1.54, 1.807) is 0 Å². The minimum Gasteiger partial charge on any atom is -0.477 e. The molecule has 346 valence electrons. The van der Waals surface area contributed by atoms with Crippen LogP contribution < -0.4 is 0 Å². The van der Waals surface area contributed by atoms with Crippen LogP contribution in [-0.2, 0) is 28.6 Å². The van der Waals surface area contributed by atoms with Gasteiger partial charge in [-0.3, -0.25) is 9.59 Å². The van der Waals surface area contributed by atoms with Crippen LogP contribution in [0.25, 0.3) is 0 Å². The molecule has 0 saturated carbocycles. The number of esters is 2. The summed E-state index contributed by atoms with van der Waals surface area (Å²) in [7, 11) is 5.54. The number of rotatable bonds is 45. The SMILES string of the molecule is CCCCC/C=C/C/C=C/CCCCCCCCCC(=O)OCC(COCCC(C(=O)O)[N+](C)(C)C)OC(=O)CCCCCCCCCCCCCCCCCCCC. The van der Waals surface area contributed by atoms with Crippen molar-refractivity contribution in [2.24, 2.45) is 0 Å². The van der Waals surface area contributed by atoms with Crippen molar-refractivity contribution in [3.63, 3.8) is 0 Å². The van der Waals surface area contributed by atoms with E-state index in [0.717, 1.165) is 51.4 Å². The average Bonchev–Trinajstić information content (AvgIpc) is 3.19. The number of aliphatic carboxylic acids is 1. The number of unbranched alkanes of at least 4 members (excludes halogenated alkanes) is 27. The van der Waals surface area contributed by atoms with Crippen molar-refractivity contribution in [3.8, 4) is 0 Å². The first-order chi connectivity index (χ1) is 28.6. The second-order valence-corrected chi connectivity index (χ2v) is 18.1. The van der Waals surface area contributed by atoms with E-state index >= 15 is 0 Å². The molecule has 0 radical (unpaired) electrons. The van der Waals surface area contributed by atoms with Gasteiger partial charge in [-0.15, -0.1) is 0 Å². The normalized spacial score (nSPS) is 13.0. The number of ether oxygens (including phenoxy) is 3. The van der Waals surface area contributed by atoms with Crippen LogP contribution in [0, 0.1) is 0 Å². The van der Waals surface area contributed by atoms with Crippen molar-refractivity contribution in [3.05, 3.63) is 24.3 Å². The van der Waals surface area contributed by atoms with Gasteiger partial charge in [0.05, 0.1) is 34.4 Å². The maximum Gasteiger partial charge on any atom is 0.362 e. The zero-order chi connectivity index (χ0) is 43.5. The van der Waals surface area contributed by atoms with Gasteiger partial charge in [0.25, 0.3) is 0 Å². The number of allylic oxidation sites excluding steroid dienone is 4. The highest BCUT2D eigenvalue weighted by atomic mass is 16.6. The van der Waals surface area contributed by atoms with Crippen LogP contribution in [0.15, 0.2) is 24.3 Å². The summed E-state index contributed by atoms with van der Waals surface area (Å²) in [6.07, 6.45) is 47.9. The quantitative estimate of drug-likeness (QED) is 0.0282. The van der Waals surface area contributed by atoms with Gasteiger partial charge >= 0.3 is 17.9 Å². The first-order valence-corrected chi connectivity index (χ1v) is 24.9. The fraction of sp³-hybridized carbons (Fsp3) is 0.863. The van der Waals surface area contributed by atoms with Crippen molar-refractivity contribution < 1.29 is 38.2 Å². The van der Waals surface area contributed by atoms with Crippen molar-refractivity contribution in [2.75, 3.05) is 41.0 Å². The van der Waals surface area contributed by atoms with Crippen LogP contribution in [0.5, 0.6) is 0 Å². The second kappa shape index (κ2) is 42.5. The lowest BCUT2D eigenvalue weighted by molar-refractivity contribution is -0.887. The molecule has 0 saturated heterocycles. The number of carbonyl (C=O) groups excluding carboxylic acids is 2. The summed E-state index contributed by atoms with van der Waals surface area (Å²) in [4.78, 5) is 37.1. The molecule has 0 aromatic rings. The molecule has 0 bridgehead atoms. The van der Waals surface area contributed by atoms with Gasteiger partial charge in [0.1, 0.15) is 6.61 Å². The van der Waals surface area contributed by atoms with Gasteiger partial charge < -0.3 is 23.8 Å². The molecule has 0 heterocycles. The van der Waals surface area contributed by atoms with E-state index in [1.807, 2.05) is 21.1 Å².